The summed E-state index contributed by atoms with van der Waals surface area (Å²) in [7, 11) is -3.14. The van der Waals surface area contributed by atoms with E-state index in [0.29, 0.717) is 11.8 Å². The van der Waals surface area contributed by atoms with Crippen molar-refractivity contribution in [2.45, 2.75) is 35.8 Å². The van der Waals surface area contributed by atoms with Crippen molar-refractivity contribution in [3.8, 4) is 0 Å². The zero-order valence-electron chi connectivity index (χ0n) is 14.2. The van der Waals surface area contributed by atoms with E-state index in [1.165, 1.54) is 13.0 Å². The van der Waals surface area contributed by atoms with Crippen molar-refractivity contribution < 1.29 is 26.4 Å². The molecule has 3 rings (SSSR count). The number of sulfone groups is 1. The second kappa shape index (κ2) is 7.27. The number of nitrogens with zero attached hydrogens (tertiary/aromatic N) is 2. The van der Waals surface area contributed by atoms with Crippen molar-refractivity contribution in [3.63, 3.8) is 0 Å². The Kier molecular flexibility index (Phi) is 5.35. The number of aromatic nitrogens is 2. The van der Waals surface area contributed by atoms with E-state index in [0.717, 1.165) is 11.8 Å². The fourth-order valence-electron chi connectivity index (χ4n) is 2.71. The number of hydrogen-bond acceptors (Lipinski definition) is 6. The molecule has 0 saturated carbocycles. The van der Waals surface area contributed by atoms with Crippen LogP contribution in [-0.2, 0) is 20.8 Å². The monoisotopic (exact) mass is 419 g/mol. The van der Waals surface area contributed by atoms with Crippen molar-refractivity contribution in [1.29, 1.82) is 0 Å². The standard InChI is InChI=1S/C16H16F3N3O3S2/c1-9(13(23)20-10-6-7-27(24,25)8-10)26-14-11-4-2-3-5-12(11)21-15(22-14)16(17,18)19/h2-5,9-10H,6-8H2,1H3,(H,20,23)/t9-,10+/m1/s1. The number of amides is 1. The molecule has 1 aliphatic rings. The van der Waals surface area contributed by atoms with Crippen LogP contribution in [0.15, 0.2) is 29.3 Å². The molecule has 1 fully saturated rings. The molecule has 2 atom stereocenters. The lowest BCUT2D eigenvalue weighted by molar-refractivity contribution is -0.145. The third-order valence-electron chi connectivity index (χ3n) is 4.06. The molecule has 0 unspecified atom stereocenters. The van der Waals surface area contributed by atoms with E-state index in [1.807, 2.05) is 0 Å². The maximum Gasteiger partial charge on any atom is 0.451 e. The molecule has 0 bridgehead atoms. The number of hydrogen-bond donors (Lipinski definition) is 1. The summed E-state index contributed by atoms with van der Waals surface area (Å²) in [6.45, 7) is 1.54. The molecule has 1 aliphatic heterocycles. The van der Waals surface area contributed by atoms with Gasteiger partial charge in [-0.3, -0.25) is 4.79 Å². The lowest BCUT2D eigenvalue weighted by Crippen LogP contribution is -2.40. The van der Waals surface area contributed by atoms with Crippen molar-refractivity contribution in [1.82, 2.24) is 15.3 Å². The molecule has 1 N–H and O–H groups in total. The highest BCUT2D eigenvalue weighted by atomic mass is 32.2. The van der Waals surface area contributed by atoms with Crippen LogP contribution in [-0.4, -0.2) is 47.1 Å². The minimum Gasteiger partial charge on any atom is -0.351 e. The Hall–Kier alpha value is -1.88. The Morgan fingerprint density at radius 1 is 1.30 bits per heavy atom. The quantitative estimate of drug-likeness (QED) is 0.605. The van der Waals surface area contributed by atoms with Crippen LogP contribution in [0.3, 0.4) is 0 Å². The number of nitrogens with one attached hydrogen (secondary N) is 1. The molecule has 2 aromatic rings. The third kappa shape index (κ3) is 4.70. The van der Waals surface area contributed by atoms with Gasteiger partial charge in [0.05, 0.1) is 22.3 Å². The van der Waals surface area contributed by atoms with Crippen LogP contribution in [0.25, 0.3) is 10.9 Å². The number of carbonyl (C=O) groups excluding carboxylic acids is 1. The van der Waals surface area contributed by atoms with Crippen molar-refractivity contribution in [2.24, 2.45) is 0 Å². The number of halogens is 3. The molecular weight excluding hydrogens is 403 g/mol. The zero-order valence-corrected chi connectivity index (χ0v) is 15.8. The second-order valence-corrected chi connectivity index (χ2v) is 9.79. The first-order valence-corrected chi connectivity index (χ1v) is 10.8. The van der Waals surface area contributed by atoms with Gasteiger partial charge in [-0.1, -0.05) is 30.0 Å². The van der Waals surface area contributed by atoms with Crippen LogP contribution in [0.4, 0.5) is 13.2 Å². The summed E-state index contributed by atoms with van der Waals surface area (Å²) in [5.74, 6) is -1.81. The number of alkyl halides is 3. The van der Waals surface area contributed by atoms with E-state index in [2.05, 4.69) is 15.3 Å². The van der Waals surface area contributed by atoms with E-state index >= 15 is 0 Å². The van der Waals surface area contributed by atoms with Crippen LogP contribution in [0.2, 0.25) is 0 Å². The predicted octanol–water partition coefficient (Wildman–Crippen LogP) is 2.43. The second-order valence-electron chi connectivity index (χ2n) is 6.24. The molecule has 1 amide bonds. The number of benzene rings is 1. The van der Waals surface area contributed by atoms with Gasteiger partial charge in [0, 0.05) is 11.4 Å². The van der Waals surface area contributed by atoms with E-state index < -0.39 is 39.0 Å². The Morgan fingerprint density at radius 2 is 2.00 bits per heavy atom. The average molecular weight is 419 g/mol. The molecule has 0 aliphatic carbocycles. The molecule has 146 valence electrons. The van der Waals surface area contributed by atoms with Gasteiger partial charge in [0.25, 0.3) is 0 Å². The first kappa shape index (κ1) is 19.9. The molecule has 11 heteroatoms. The Bertz CT molecular complexity index is 980. The van der Waals surface area contributed by atoms with Gasteiger partial charge < -0.3 is 5.32 Å². The molecule has 1 aromatic heterocycles. The van der Waals surface area contributed by atoms with E-state index in [-0.39, 0.29) is 22.0 Å². The predicted molar refractivity (Wildman–Crippen MR) is 95.1 cm³/mol. The summed E-state index contributed by atoms with van der Waals surface area (Å²) in [5.41, 5.74) is 0.136. The summed E-state index contributed by atoms with van der Waals surface area (Å²) >= 11 is 0.882. The van der Waals surface area contributed by atoms with Gasteiger partial charge in [-0.05, 0) is 19.4 Å². The van der Waals surface area contributed by atoms with Crippen LogP contribution in [0.5, 0.6) is 0 Å². The minimum absolute atomic E-state index is 0.0188. The fourth-order valence-corrected chi connectivity index (χ4v) is 5.33. The zero-order chi connectivity index (χ0) is 19.8. The summed E-state index contributed by atoms with van der Waals surface area (Å²) in [6, 6.07) is 5.78. The van der Waals surface area contributed by atoms with E-state index in [4.69, 9.17) is 0 Å². The summed E-state index contributed by atoms with van der Waals surface area (Å²) in [4.78, 5) is 19.5. The normalized spacial score (nSPS) is 20.5. The molecule has 0 spiro atoms. The summed E-state index contributed by atoms with van der Waals surface area (Å²) in [6.07, 6.45) is -4.37. The number of fused-ring (bicyclic) bond motifs is 1. The van der Waals surface area contributed by atoms with Gasteiger partial charge in [0.2, 0.25) is 11.7 Å². The molecule has 0 radical (unpaired) electrons. The van der Waals surface area contributed by atoms with Crippen molar-refractivity contribution in [3.05, 3.63) is 30.1 Å². The van der Waals surface area contributed by atoms with Gasteiger partial charge in [0.15, 0.2) is 9.84 Å². The van der Waals surface area contributed by atoms with Gasteiger partial charge in [-0.25, -0.2) is 18.4 Å². The molecule has 6 nitrogen and oxygen atoms in total. The van der Waals surface area contributed by atoms with Gasteiger partial charge in [-0.2, -0.15) is 13.2 Å². The van der Waals surface area contributed by atoms with E-state index in [1.54, 1.807) is 18.2 Å². The van der Waals surface area contributed by atoms with Gasteiger partial charge >= 0.3 is 6.18 Å². The summed E-state index contributed by atoms with van der Waals surface area (Å²) in [5, 5.41) is 2.35. The minimum atomic E-state index is -4.71. The first-order chi connectivity index (χ1) is 12.5. The third-order valence-corrected chi connectivity index (χ3v) is 6.93. The maximum atomic E-state index is 13.1. The number of thioether (sulfide) groups is 1. The average Bonchev–Trinajstić information content (AvgIpc) is 2.92. The Balaban J connectivity index is 1.81. The smallest absolute Gasteiger partial charge is 0.351 e. The van der Waals surface area contributed by atoms with Gasteiger partial charge in [-0.15, -0.1) is 0 Å². The topological polar surface area (TPSA) is 89.0 Å². The highest BCUT2D eigenvalue weighted by Gasteiger charge is 2.36. The highest BCUT2D eigenvalue weighted by molar-refractivity contribution is 8.00. The Morgan fingerprint density at radius 3 is 2.63 bits per heavy atom. The SMILES string of the molecule is C[C@@H](Sc1nc(C(F)(F)F)nc2ccccc12)C(=O)N[C@H]1CCS(=O)(=O)C1. The molecular formula is C16H16F3N3O3S2. The van der Waals surface area contributed by atoms with Crippen molar-refractivity contribution >= 4 is 38.4 Å². The highest BCUT2D eigenvalue weighted by Crippen LogP contribution is 2.33. The molecule has 1 aromatic carbocycles. The van der Waals surface area contributed by atoms with Crippen molar-refractivity contribution in [2.75, 3.05) is 11.5 Å². The van der Waals surface area contributed by atoms with Crippen LogP contribution < -0.4 is 5.32 Å². The summed E-state index contributed by atoms with van der Waals surface area (Å²) < 4.78 is 62.2. The van der Waals surface area contributed by atoms with Gasteiger partial charge in [0.1, 0.15) is 5.03 Å². The number of carbonyl (C=O) groups is 1. The molecule has 2 heterocycles. The van der Waals surface area contributed by atoms with Crippen LogP contribution in [0.1, 0.15) is 19.2 Å². The fraction of sp³-hybridized carbons (Fsp3) is 0.438. The lowest BCUT2D eigenvalue weighted by atomic mass is 10.2. The number of para-hydroxylation sites is 1. The molecule has 1 saturated heterocycles. The van der Waals surface area contributed by atoms with E-state index in [9.17, 15) is 26.4 Å². The maximum absolute atomic E-state index is 13.1. The largest absolute Gasteiger partial charge is 0.451 e. The van der Waals surface area contributed by atoms with Crippen LogP contribution >= 0.6 is 11.8 Å². The Labute approximate surface area is 157 Å². The van der Waals surface area contributed by atoms with Crippen LogP contribution in [0, 0.1) is 0 Å². The number of rotatable bonds is 4. The lowest BCUT2D eigenvalue weighted by Gasteiger charge is -2.16. The molecule has 27 heavy (non-hydrogen) atoms. The first-order valence-electron chi connectivity index (χ1n) is 8.06.